The minimum Gasteiger partial charge on any atom is -0.396 e. The predicted octanol–water partition coefficient (Wildman–Crippen LogP) is 2.61. The van der Waals surface area contributed by atoms with Gasteiger partial charge in [0.15, 0.2) is 5.69 Å². The van der Waals surface area contributed by atoms with Gasteiger partial charge in [-0.1, -0.05) is 22.9 Å². The fraction of sp³-hybridized carbons (Fsp3) is 0.471. The van der Waals surface area contributed by atoms with Crippen LogP contribution in [0.5, 0.6) is 0 Å². The number of hydrogen-bond donors (Lipinski definition) is 1. The standard InChI is InChI=1S/C17H21ClN4O2/c1-12-16(17(24)21-9-3-7-14(21)8-4-10-23)19-20-22(12)15-6-2-5-13(18)11-15/h2,5-6,11,14,23H,3-4,7-10H2,1H3. The van der Waals surface area contributed by atoms with E-state index in [-0.39, 0.29) is 18.6 Å². The number of benzene rings is 1. The Kier molecular flexibility index (Phi) is 5.16. The SMILES string of the molecule is Cc1c(C(=O)N2CCCC2CCCO)nnn1-c1cccc(Cl)c1. The Hall–Kier alpha value is -1.92. The molecule has 24 heavy (non-hydrogen) atoms. The van der Waals surface area contributed by atoms with Crippen molar-refractivity contribution in [2.24, 2.45) is 0 Å². The van der Waals surface area contributed by atoms with Crippen LogP contribution in [0.25, 0.3) is 5.69 Å². The van der Waals surface area contributed by atoms with Crippen molar-refractivity contribution in [3.05, 3.63) is 40.7 Å². The third-order valence-electron chi connectivity index (χ3n) is 4.48. The zero-order valence-corrected chi connectivity index (χ0v) is 14.4. The van der Waals surface area contributed by atoms with Crippen LogP contribution in [-0.4, -0.2) is 50.1 Å². The Morgan fingerprint density at radius 1 is 1.46 bits per heavy atom. The van der Waals surface area contributed by atoms with Crippen molar-refractivity contribution in [2.45, 2.75) is 38.6 Å². The molecule has 1 saturated heterocycles. The van der Waals surface area contributed by atoms with Crippen LogP contribution in [0.2, 0.25) is 5.02 Å². The number of aliphatic hydroxyl groups is 1. The third kappa shape index (κ3) is 3.30. The molecule has 1 aromatic carbocycles. The van der Waals surface area contributed by atoms with E-state index in [1.54, 1.807) is 16.8 Å². The number of aromatic nitrogens is 3. The lowest BCUT2D eigenvalue weighted by Crippen LogP contribution is -2.36. The number of halogens is 1. The zero-order chi connectivity index (χ0) is 17.1. The number of carbonyl (C=O) groups is 1. The third-order valence-corrected chi connectivity index (χ3v) is 4.72. The fourth-order valence-electron chi connectivity index (χ4n) is 3.25. The summed E-state index contributed by atoms with van der Waals surface area (Å²) in [6.07, 6.45) is 3.50. The van der Waals surface area contributed by atoms with Crippen LogP contribution in [0.1, 0.15) is 41.9 Å². The van der Waals surface area contributed by atoms with Crippen LogP contribution in [0, 0.1) is 6.92 Å². The van der Waals surface area contributed by atoms with Gasteiger partial charge < -0.3 is 10.0 Å². The van der Waals surface area contributed by atoms with E-state index >= 15 is 0 Å². The van der Waals surface area contributed by atoms with Crippen LogP contribution in [0.15, 0.2) is 24.3 Å². The molecule has 7 heteroatoms. The summed E-state index contributed by atoms with van der Waals surface area (Å²) in [6.45, 7) is 2.73. The van der Waals surface area contributed by atoms with Crippen LogP contribution in [0.3, 0.4) is 0 Å². The minimum absolute atomic E-state index is 0.0822. The number of hydrogen-bond acceptors (Lipinski definition) is 4. The largest absolute Gasteiger partial charge is 0.396 e. The van der Waals surface area contributed by atoms with Crippen LogP contribution >= 0.6 is 11.6 Å². The predicted molar refractivity (Wildman–Crippen MR) is 91.5 cm³/mol. The maximum atomic E-state index is 12.9. The maximum Gasteiger partial charge on any atom is 0.276 e. The topological polar surface area (TPSA) is 71.2 Å². The van der Waals surface area contributed by atoms with E-state index in [9.17, 15) is 4.79 Å². The molecule has 1 aliphatic heterocycles. The van der Waals surface area contributed by atoms with Gasteiger partial charge in [-0.2, -0.15) is 0 Å². The van der Waals surface area contributed by atoms with Gasteiger partial charge in [0.1, 0.15) is 0 Å². The summed E-state index contributed by atoms with van der Waals surface area (Å²) in [7, 11) is 0. The van der Waals surface area contributed by atoms with E-state index in [2.05, 4.69) is 10.3 Å². The van der Waals surface area contributed by atoms with Crippen LogP contribution < -0.4 is 0 Å². The Balaban J connectivity index is 1.84. The van der Waals surface area contributed by atoms with Crippen molar-refractivity contribution in [3.8, 4) is 5.69 Å². The summed E-state index contributed by atoms with van der Waals surface area (Å²) >= 11 is 6.03. The van der Waals surface area contributed by atoms with Gasteiger partial charge in [0.25, 0.3) is 5.91 Å². The monoisotopic (exact) mass is 348 g/mol. The van der Waals surface area contributed by atoms with Crippen molar-refractivity contribution in [2.75, 3.05) is 13.2 Å². The van der Waals surface area contributed by atoms with E-state index in [1.807, 2.05) is 24.0 Å². The van der Waals surface area contributed by atoms with E-state index in [1.165, 1.54) is 0 Å². The smallest absolute Gasteiger partial charge is 0.276 e. The molecule has 0 saturated carbocycles. The van der Waals surface area contributed by atoms with Gasteiger partial charge in [-0.15, -0.1) is 5.10 Å². The minimum atomic E-state index is -0.0822. The van der Waals surface area contributed by atoms with Crippen LogP contribution in [0.4, 0.5) is 0 Å². The molecule has 0 aliphatic carbocycles. The maximum absolute atomic E-state index is 12.9. The van der Waals surface area contributed by atoms with E-state index in [4.69, 9.17) is 16.7 Å². The lowest BCUT2D eigenvalue weighted by molar-refractivity contribution is 0.0717. The van der Waals surface area contributed by atoms with E-state index < -0.39 is 0 Å². The molecule has 1 amide bonds. The summed E-state index contributed by atoms with van der Waals surface area (Å²) in [5, 5.41) is 17.9. The van der Waals surface area contributed by atoms with Crippen molar-refractivity contribution < 1.29 is 9.90 Å². The average Bonchev–Trinajstić information content (AvgIpc) is 3.19. The highest BCUT2D eigenvalue weighted by Gasteiger charge is 2.31. The molecule has 0 spiro atoms. The molecule has 1 aromatic heterocycles. The molecule has 6 nitrogen and oxygen atoms in total. The Morgan fingerprint density at radius 2 is 2.29 bits per heavy atom. The normalized spacial score (nSPS) is 17.5. The molecule has 1 unspecified atom stereocenters. The molecule has 0 radical (unpaired) electrons. The molecule has 128 valence electrons. The van der Waals surface area contributed by atoms with Crippen molar-refractivity contribution in [1.82, 2.24) is 19.9 Å². The Labute approximate surface area is 146 Å². The lowest BCUT2D eigenvalue weighted by atomic mass is 10.1. The van der Waals surface area contributed by atoms with Gasteiger partial charge in [-0.3, -0.25) is 4.79 Å². The first-order valence-electron chi connectivity index (χ1n) is 8.22. The zero-order valence-electron chi connectivity index (χ0n) is 13.7. The Bertz CT molecular complexity index is 731. The van der Waals surface area contributed by atoms with Gasteiger partial charge in [-0.05, 0) is 50.8 Å². The average molecular weight is 349 g/mol. The number of amides is 1. The van der Waals surface area contributed by atoms with Gasteiger partial charge in [-0.25, -0.2) is 4.68 Å². The summed E-state index contributed by atoms with van der Waals surface area (Å²) < 4.78 is 1.64. The summed E-state index contributed by atoms with van der Waals surface area (Å²) in [5.74, 6) is -0.0822. The number of aliphatic hydroxyl groups excluding tert-OH is 1. The number of rotatable bonds is 5. The van der Waals surface area contributed by atoms with Gasteiger partial charge in [0, 0.05) is 24.2 Å². The first-order chi connectivity index (χ1) is 11.6. The molecule has 2 aromatic rings. The van der Waals surface area contributed by atoms with Gasteiger partial charge in [0.05, 0.1) is 11.4 Å². The summed E-state index contributed by atoms with van der Waals surface area (Å²) in [5.41, 5.74) is 1.87. The lowest BCUT2D eigenvalue weighted by Gasteiger charge is -2.23. The molecular formula is C17H21ClN4O2. The molecule has 0 bridgehead atoms. The van der Waals surface area contributed by atoms with Gasteiger partial charge >= 0.3 is 0 Å². The molecule has 1 N–H and O–H groups in total. The van der Waals surface area contributed by atoms with Crippen LogP contribution in [-0.2, 0) is 0 Å². The van der Waals surface area contributed by atoms with E-state index in [0.29, 0.717) is 22.8 Å². The first kappa shape index (κ1) is 16.9. The fourth-order valence-corrected chi connectivity index (χ4v) is 3.43. The summed E-state index contributed by atoms with van der Waals surface area (Å²) in [6, 6.07) is 7.48. The molecule has 1 fully saturated rings. The molecular weight excluding hydrogens is 328 g/mol. The second-order valence-electron chi connectivity index (χ2n) is 6.08. The second kappa shape index (κ2) is 7.32. The Morgan fingerprint density at radius 3 is 3.04 bits per heavy atom. The molecule has 2 heterocycles. The first-order valence-corrected chi connectivity index (χ1v) is 8.59. The highest BCUT2D eigenvalue weighted by molar-refractivity contribution is 6.30. The molecule has 3 rings (SSSR count). The number of carbonyl (C=O) groups excluding carboxylic acids is 1. The van der Waals surface area contributed by atoms with Crippen molar-refractivity contribution >= 4 is 17.5 Å². The van der Waals surface area contributed by atoms with E-state index in [0.717, 1.165) is 31.5 Å². The number of likely N-dealkylation sites (tertiary alicyclic amines) is 1. The highest BCUT2D eigenvalue weighted by Crippen LogP contribution is 2.24. The highest BCUT2D eigenvalue weighted by atomic mass is 35.5. The summed E-state index contributed by atoms with van der Waals surface area (Å²) in [4.78, 5) is 14.7. The number of nitrogens with zero attached hydrogens (tertiary/aromatic N) is 4. The quantitative estimate of drug-likeness (QED) is 0.901. The molecule has 1 aliphatic rings. The molecule has 1 atom stereocenters. The van der Waals surface area contributed by atoms with Crippen molar-refractivity contribution in [1.29, 1.82) is 0 Å². The van der Waals surface area contributed by atoms with Crippen molar-refractivity contribution in [3.63, 3.8) is 0 Å². The van der Waals surface area contributed by atoms with Gasteiger partial charge in [0.2, 0.25) is 0 Å². The second-order valence-corrected chi connectivity index (χ2v) is 6.51.